The molecule has 0 saturated heterocycles. The Morgan fingerprint density at radius 1 is 1.00 bits per heavy atom. The first kappa shape index (κ1) is 17.7. The van der Waals surface area contributed by atoms with Crippen molar-refractivity contribution in [2.24, 2.45) is 11.8 Å². The van der Waals surface area contributed by atoms with E-state index in [0.717, 1.165) is 17.7 Å². The molecule has 0 spiro atoms. The molecule has 1 amide bonds. The highest BCUT2D eigenvalue weighted by Gasteiger charge is 2.38. The Bertz CT molecular complexity index is 815. The Morgan fingerprint density at radius 3 is 2.37 bits per heavy atom. The summed E-state index contributed by atoms with van der Waals surface area (Å²) >= 11 is 0. The fourth-order valence-electron chi connectivity index (χ4n) is 4.04. The largest absolute Gasteiger partial charge is 0.481 e. The molecule has 140 valence electrons. The highest BCUT2D eigenvalue weighted by atomic mass is 16.4. The highest BCUT2D eigenvalue weighted by Crippen LogP contribution is 2.40. The molecular weight excluding hydrogens is 340 g/mol. The number of aromatic nitrogens is 1. The standard InChI is InChI=1S/C22H24N2O3/c25-21(17-7-4-8-18(17)22(26)27)24-20(15-5-2-1-3-6-15)19-12-11-16(13-23-19)14-9-10-14/h1-3,5-6,11-14,17-18,20H,4,7-10H2,(H,24,25)(H,26,27)/t17-,18+,20+/m1/s1. The molecule has 2 aromatic rings. The molecule has 2 aliphatic rings. The van der Waals surface area contributed by atoms with E-state index in [1.807, 2.05) is 42.6 Å². The van der Waals surface area contributed by atoms with Gasteiger partial charge in [-0.15, -0.1) is 0 Å². The lowest BCUT2D eigenvalue weighted by molar-refractivity contribution is -0.146. The average Bonchev–Trinajstić information content (AvgIpc) is 3.42. The van der Waals surface area contributed by atoms with E-state index in [1.165, 1.54) is 18.4 Å². The Labute approximate surface area is 158 Å². The van der Waals surface area contributed by atoms with Crippen molar-refractivity contribution in [3.63, 3.8) is 0 Å². The molecule has 5 nitrogen and oxygen atoms in total. The second-order valence-electron chi connectivity index (χ2n) is 7.63. The van der Waals surface area contributed by atoms with E-state index < -0.39 is 17.8 Å². The van der Waals surface area contributed by atoms with Gasteiger partial charge in [-0.3, -0.25) is 14.6 Å². The van der Waals surface area contributed by atoms with Crippen molar-refractivity contribution in [3.8, 4) is 0 Å². The van der Waals surface area contributed by atoms with Crippen LogP contribution >= 0.6 is 0 Å². The number of carboxylic acids is 1. The number of hydrogen-bond acceptors (Lipinski definition) is 3. The SMILES string of the molecule is O=C(O)[C@H]1CCC[C@H]1C(=O)N[C@@H](c1ccccc1)c1ccc(C2CC2)cn1. The summed E-state index contributed by atoms with van der Waals surface area (Å²) in [7, 11) is 0. The Morgan fingerprint density at radius 2 is 1.74 bits per heavy atom. The smallest absolute Gasteiger partial charge is 0.307 e. The number of nitrogens with one attached hydrogen (secondary N) is 1. The number of carboxylic acid groups (broad SMARTS) is 1. The zero-order valence-corrected chi connectivity index (χ0v) is 15.2. The van der Waals surface area contributed by atoms with Gasteiger partial charge < -0.3 is 10.4 Å². The number of hydrogen-bond donors (Lipinski definition) is 2. The van der Waals surface area contributed by atoms with Crippen LogP contribution in [0.5, 0.6) is 0 Å². The number of benzene rings is 1. The van der Waals surface area contributed by atoms with Gasteiger partial charge in [-0.2, -0.15) is 0 Å². The lowest BCUT2D eigenvalue weighted by Crippen LogP contribution is -2.38. The number of nitrogens with zero attached hydrogens (tertiary/aromatic N) is 1. The molecule has 0 radical (unpaired) electrons. The summed E-state index contributed by atoms with van der Waals surface area (Å²) in [5, 5.41) is 12.5. The van der Waals surface area contributed by atoms with E-state index in [4.69, 9.17) is 0 Å². The van der Waals surface area contributed by atoms with Crippen LogP contribution in [-0.4, -0.2) is 22.0 Å². The van der Waals surface area contributed by atoms with Gasteiger partial charge in [0.15, 0.2) is 0 Å². The number of carbonyl (C=O) groups excluding carboxylic acids is 1. The van der Waals surface area contributed by atoms with Crippen LogP contribution in [0.2, 0.25) is 0 Å². The van der Waals surface area contributed by atoms with Gasteiger partial charge in [0.1, 0.15) is 0 Å². The third kappa shape index (κ3) is 3.87. The van der Waals surface area contributed by atoms with Crippen molar-refractivity contribution in [3.05, 3.63) is 65.5 Å². The van der Waals surface area contributed by atoms with Crippen LogP contribution < -0.4 is 5.32 Å². The van der Waals surface area contributed by atoms with E-state index >= 15 is 0 Å². The molecular formula is C22H24N2O3. The van der Waals surface area contributed by atoms with Gasteiger partial charge in [-0.25, -0.2) is 0 Å². The van der Waals surface area contributed by atoms with Crippen molar-refractivity contribution in [1.29, 1.82) is 0 Å². The molecule has 0 unspecified atom stereocenters. The predicted octanol–water partition coefficient (Wildman–Crippen LogP) is 3.67. The molecule has 2 fully saturated rings. The number of rotatable bonds is 6. The van der Waals surface area contributed by atoms with Crippen molar-refractivity contribution in [2.75, 3.05) is 0 Å². The van der Waals surface area contributed by atoms with Gasteiger partial charge in [0, 0.05) is 6.20 Å². The van der Waals surface area contributed by atoms with E-state index in [-0.39, 0.29) is 11.9 Å². The van der Waals surface area contributed by atoms with Gasteiger partial charge in [0.05, 0.1) is 23.6 Å². The summed E-state index contributed by atoms with van der Waals surface area (Å²) in [5.41, 5.74) is 2.98. The van der Waals surface area contributed by atoms with Crippen LogP contribution in [-0.2, 0) is 9.59 Å². The molecule has 3 atom stereocenters. The van der Waals surface area contributed by atoms with Crippen molar-refractivity contribution in [1.82, 2.24) is 10.3 Å². The maximum atomic E-state index is 12.9. The van der Waals surface area contributed by atoms with Crippen molar-refractivity contribution >= 4 is 11.9 Å². The molecule has 0 bridgehead atoms. The lowest BCUT2D eigenvalue weighted by Gasteiger charge is -2.23. The lowest BCUT2D eigenvalue weighted by atomic mass is 9.94. The summed E-state index contributed by atoms with van der Waals surface area (Å²) in [6.07, 6.45) is 6.32. The number of amides is 1. The van der Waals surface area contributed by atoms with Gasteiger partial charge in [0.2, 0.25) is 5.91 Å². The Balaban J connectivity index is 1.58. The Kier molecular flexibility index (Phi) is 4.92. The van der Waals surface area contributed by atoms with Crippen LogP contribution in [0.15, 0.2) is 48.7 Å². The molecule has 2 N–H and O–H groups in total. The number of pyridine rings is 1. The fourth-order valence-corrected chi connectivity index (χ4v) is 4.04. The molecule has 1 heterocycles. The van der Waals surface area contributed by atoms with Gasteiger partial charge in [-0.1, -0.05) is 42.8 Å². The van der Waals surface area contributed by atoms with E-state index in [2.05, 4.69) is 16.4 Å². The van der Waals surface area contributed by atoms with Gasteiger partial charge in [0.25, 0.3) is 0 Å². The molecule has 0 aliphatic heterocycles. The fraction of sp³-hybridized carbons (Fsp3) is 0.409. The molecule has 5 heteroatoms. The molecule has 2 aliphatic carbocycles. The molecule has 2 saturated carbocycles. The van der Waals surface area contributed by atoms with Gasteiger partial charge in [-0.05, 0) is 48.8 Å². The van der Waals surface area contributed by atoms with Crippen LogP contribution in [0, 0.1) is 11.8 Å². The zero-order valence-electron chi connectivity index (χ0n) is 15.2. The third-order valence-electron chi connectivity index (χ3n) is 5.74. The van der Waals surface area contributed by atoms with E-state index in [9.17, 15) is 14.7 Å². The van der Waals surface area contributed by atoms with E-state index in [0.29, 0.717) is 18.8 Å². The van der Waals surface area contributed by atoms with Crippen molar-refractivity contribution in [2.45, 2.75) is 44.1 Å². The maximum Gasteiger partial charge on any atom is 0.307 e. The summed E-state index contributed by atoms with van der Waals surface area (Å²) in [4.78, 5) is 29.0. The Hall–Kier alpha value is -2.69. The average molecular weight is 364 g/mol. The maximum absolute atomic E-state index is 12.9. The highest BCUT2D eigenvalue weighted by molar-refractivity contribution is 5.85. The van der Waals surface area contributed by atoms with Gasteiger partial charge >= 0.3 is 5.97 Å². The summed E-state index contributed by atoms with van der Waals surface area (Å²) in [6.45, 7) is 0. The number of aliphatic carboxylic acids is 1. The zero-order chi connectivity index (χ0) is 18.8. The first-order valence-corrected chi connectivity index (χ1v) is 9.67. The molecule has 4 rings (SSSR count). The summed E-state index contributed by atoms with van der Waals surface area (Å²) in [5.74, 6) is -1.50. The topological polar surface area (TPSA) is 79.3 Å². The minimum absolute atomic E-state index is 0.193. The second-order valence-corrected chi connectivity index (χ2v) is 7.63. The van der Waals surface area contributed by atoms with Crippen LogP contribution in [0.3, 0.4) is 0 Å². The quantitative estimate of drug-likeness (QED) is 0.820. The predicted molar refractivity (Wildman–Crippen MR) is 101 cm³/mol. The summed E-state index contributed by atoms with van der Waals surface area (Å²) < 4.78 is 0. The van der Waals surface area contributed by atoms with Crippen LogP contribution in [0.25, 0.3) is 0 Å². The van der Waals surface area contributed by atoms with Crippen LogP contribution in [0.4, 0.5) is 0 Å². The normalized spacial score (nSPS) is 23.0. The first-order chi connectivity index (χ1) is 13.1. The molecule has 27 heavy (non-hydrogen) atoms. The minimum Gasteiger partial charge on any atom is -0.481 e. The van der Waals surface area contributed by atoms with E-state index in [1.54, 1.807) is 0 Å². The monoisotopic (exact) mass is 364 g/mol. The number of carbonyl (C=O) groups is 2. The summed E-state index contributed by atoms with van der Waals surface area (Å²) in [6, 6.07) is 13.4. The molecule has 1 aromatic heterocycles. The van der Waals surface area contributed by atoms with Crippen LogP contribution in [0.1, 0.15) is 60.9 Å². The third-order valence-corrected chi connectivity index (χ3v) is 5.74. The molecule has 1 aromatic carbocycles. The van der Waals surface area contributed by atoms with Crippen molar-refractivity contribution < 1.29 is 14.7 Å². The first-order valence-electron chi connectivity index (χ1n) is 9.67. The minimum atomic E-state index is -0.879. The second kappa shape index (κ2) is 7.51.